The maximum Gasteiger partial charge on any atom is 0.322 e. The predicted molar refractivity (Wildman–Crippen MR) is 120 cm³/mol. The molecule has 11 nitrogen and oxygen atoms in total. The van der Waals surface area contributed by atoms with Crippen LogP contribution in [0.5, 0.6) is 5.75 Å². The lowest BCUT2D eigenvalue weighted by atomic mass is 9.78. The molecule has 3 N–H and O–H groups in total. The van der Waals surface area contributed by atoms with Gasteiger partial charge in [0.05, 0.1) is 19.9 Å². The van der Waals surface area contributed by atoms with Crippen molar-refractivity contribution in [2.24, 2.45) is 5.92 Å². The Bertz CT molecular complexity index is 1280. The molecule has 0 bridgehead atoms. The molecular formula is C22H24N4O7S. The molecule has 1 aromatic carbocycles. The van der Waals surface area contributed by atoms with Crippen molar-refractivity contribution >= 4 is 33.8 Å². The van der Waals surface area contributed by atoms with E-state index in [2.05, 4.69) is 10.6 Å². The van der Waals surface area contributed by atoms with Crippen LogP contribution < -0.4 is 20.1 Å². The van der Waals surface area contributed by atoms with Crippen LogP contribution in [0.1, 0.15) is 29.3 Å². The zero-order chi connectivity index (χ0) is 24.8. The molecule has 3 aliphatic rings. The normalized spacial score (nSPS) is 24.1. The number of carbonyl (C=O) groups is 4. The fourth-order valence-corrected chi connectivity index (χ4v) is 4.97. The van der Waals surface area contributed by atoms with Crippen LogP contribution in [0.4, 0.5) is 4.79 Å². The Morgan fingerprint density at radius 1 is 1.26 bits per heavy atom. The number of rotatable bonds is 6. The summed E-state index contributed by atoms with van der Waals surface area (Å²) in [4.78, 5) is 52.1. The molecule has 1 aromatic rings. The van der Waals surface area contributed by atoms with Gasteiger partial charge in [0.15, 0.2) is 5.54 Å². The highest BCUT2D eigenvalue weighted by Gasteiger charge is 2.52. The van der Waals surface area contributed by atoms with Crippen LogP contribution in [-0.2, 0) is 26.2 Å². The highest BCUT2D eigenvalue weighted by Crippen LogP contribution is 2.36. The van der Waals surface area contributed by atoms with E-state index in [4.69, 9.17) is 4.74 Å². The van der Waals surface area contributed by atoms with Gasteiger partial charge in [0.25, 0.3) is 17.7 Å². The average molecular weight is 489 g/mol. The molecule has 2 heterocycles. The van der Waals surface area contributed by atoms with Crippen LogP contribution in [-0.4, -0.2) is 62.5 Å². The highest BCUT2D eigenvalue weighted by molar-refractivity contribution is 7.89. The SMILES string of the molecule is COc1ccc2c(c1)C(=O)N(CC1(C3=CC=C(C(=O)NS(C)(=O)=O)C(C)C3)NC(=O)NC1=O)C2. The summed E-state index contributed by atoms with van der Waals surface area (Å²) < 4.78 is 30.0. The van der Waals surface area contributed by atoms with Gasteiger partial charge in [0.2, 0.25) is 10.0 Å². The number of nitrogens with zero attached hydrogens (tertiary/aromatic N) is 1. The molecule has 12 heteroatoms. The second-order valence-electron chi connectivity index (χ2n) is 8.62. The second-order valence-corrected chi connectivity index (χ2v) is 10.4. The molecule has 34 heavy (non-hydrogen) atoms. The van der Waals surface area contributed by atoms with Crippen LogP contribution >= 0.6 is 0 Å². The summed E-state index contributed by atoms with van der Waals surface area (Å²) in [6.45, 7) is 1.85. The summed E-state index contributed by atoms with van der Waals surface area (Å²) in [5.41, 5.74) is 0.440. The quantitative estimate of drug-likeness (QED) is 0.484. The average Bonchev–Trinajstić information content (AvgIpc) is 3.21. The lowest BCUT2D eigenvalue weighted by Gasteiger charge is -2.35. The van der Waals surface area contributed by atoms with E-state index in [-0.39, 0.29) is 31.0 Å². The standard InChI is InChI=1S/C22H24N4O7S/c1-12-8-14(5-7-16(12)18(27)25-34(3,31)32)22(20(29)23-21(30)24-22)11-26-10-13-4-6-15(33-2)9-17(13)19(26)28/h4-7,9,12H,8,10-11H2,1-3H3,(H,25,27)(H2,23,24,29,30). The largest absolute Gasteiger partial charge is 0.497 e. The van der Waals surface area contributed by atoms with Crippen molar-refractivity contribution in [2.75, 3.05) is 19.9 Å². The van der Waals surface area contributed by atoms with Crippen molar-refractivity contribution in [3.8, 4) is 5.75 Å². The van der Waals surface area contributed by atoms with E-state index in [0.717, 1.165) is 11.8 Å². The maximum absolute atomic E-state index is 13.1. The molecule has 4 rings (SSSR count). The van der Waals surface area contributed by atoms with Crippen molar-refractivity contribution in [1.29, 1.82) is 0 Å². The van der Waals surface area contributed by atoms with Crippen molar-refractivity contribution in [2.45, 2.75) is 25.4 Å². The number of carbonyl (C=O) groups excluding carboxylic acids is 4. The molecule has 1 saturated heterocycles. The third-order valence-corrected chi connectivity index (χ3v) is 6.73. The number of nitrogens with one attached hydrogen (secondary N) is 3. The molecule has 1 fully saturated rings. The molecule has 2 unspecified atom stereocenters. The van der Waals surface area contributed by atoms with Crippen LogP contribution in [0.3, 0.4) is 0 Å². The summed E-state index contributed by atoms with van der Waals surface area (Å²) in [5.74, 6) is -1.56. The van der Waals surface area contributed by atoms with Crippen LogP contribution in [0.25, 0.3) is 0 Å². The lowest BCUT2D eigenvalue weighted by molar-refractivity contribution is -0.123. The Labute approximate surface area is 196 Å². The zero-order valence-corrected chi connectivity index (χ0v) is 19.6. The van der Waals surface area contributed by atoms with Gasteiger partial charge in [-0.05, 0) is 35.6 Å². The third kappa shape index (κ3) is 4.16. The van der Waals surface area contributed by atoms with E-state index < -0.39 is 39.3 Å². The summed E-state index contributed by atoms with van der Waals surface area (Å²) >= 11 is 0. The number of sulfonamides is 1. The molecule has 1 aliphatic carbocycles. The van der Waals surface area contributed by atoms with Crippen molar-refractivity contribution in [3.63, 3.8) is 0 Å². The van der Waals surface area contributed by atoms with Gasteiger partial charge in [-0.2, -0.15) is 0 Å². The van der Waals surface area contributed by atoms with Gasteiger partial charge in [-0.15, -0.1) is 0 Å². The first kappa shape index (κ1) is 23.5. The molecule has 2 aliphatic heterocycles. The van der Waals surface area contributed by atoms with Gasteiger partial charge in [0.1, 0.15) is 5.75 Å². The van der Waals surface area contributed by atoms with Gasteiger partial charge in [0, 0.05) is 17.7 Å². The van der Waals surface area contributed by atoms with E-state index in [1.165, 1.54) is 24.2 Å². The predicted octanol–water partition coefficient (Wildman–Crippen LogP) is 0.198. The van der Waals surface area contributed by atoms with Gasteiger partial charge in [-0.25, -0.2) is 17.9 Å². The van der Waals surface area contributed by atoms with Crippen molar-refractivity contribution in [3.05, 3.63) is 52.6 Å². The van der Waals surface area contributed by atoms with Gasteiger partial charge < -0.3 is 15.0 Å². The molecule has 0 spiro atoms. The summed E-state index contributed by atoms with van der Waals surface area (Å²) in [5, 5.41) is 4.92. The number of allylic oxidation sites excluding steroid dienone is 2. The fraction of sp³-hybridized carbons (Fsp3) is 0.364. The third-order valence-electron chi connectivity index (χ3n) is 6.18. The number of methoxy groups -OCH3 is 1. The van der Waals surface area contributed by atoms with Gasteiger partial charge in [-0.3, -0.25) is 19.7 Å². The highest BCUT2D eigenvalue weighted by atomic mass is 32.2. The minimum absolute atomic E-state index is 0.113. The summed E-state index contributed by atoms with van der Waals surface area (Å²) in [6.07, 6.45) is 4.04. The zero-order valence-electron chi connectivity index (χ0n) is 18.8. The van der Waals surface area contributed by atoms with E-state index in [0.29, 0.717) is 16.9 Å². The van der Waals surface area contributed by atoms with E-state index >= 15 is 0 Å². The van der Waals surface area contributed by atoms with Crippen molar-refractivity contribution in [1.82, 2.24) is 20.3 Å². The number of fused-ring (bicyclic) bond motifs is 1. The van der Waals surface area contributed by atoms with E-state index in [9.17, 15) is 27.6 Å². The number of hydrogen-bond donors (Lipinski definition) is 3. The Hall–Kier alpha value is -3.67. The number of amides is 5. The number of hydrogen-bond acceptors (Lipinski definition) is 7. The van der Waals surface area contributed by atoms with Gasteiger partial charge >= 0.3 is 6.03 Å². The van der Waals surface area contributed by atoms with E-state index in [1.54, 1.807) is 25.1 Å². The number of urea groups is 1. The Morgan fingerprint density at radius 2 is 2.00 bits per heavy atom. The maximum atomic E-state index is 13.1. The Morgan fingerprint density at radius 3 is 2.59 bits per heavy atom. The summed E-state index contributed by atoms with van der Waals surface area (Å²) in [7, 11) is -2.24. The second kappa shape index (κ2) is 8.28. The summed E-state index contributed by atoms with van der Waals surface area (Å²) in [6, 6.07) is 4.47. The lowest BCUT2D eigenvalue weighted by Crippen LogP contribution is -2.57. The van der Waals surface area contributed by atoms with Crippen molar-refractivity contribution < 1.29 is 32.3 Å². The van der Waals surface area contributed by atoms with E-state index in [1.807, 2.05) is 4.72 Å². The minimum atomic E-state index is -3.74. The van der Waals surface area contributed by atoms with Gasteiger partial charge in [-0.1, -0.05) is 25.1 Å². The molecule has 0 saturated carbocycles. The topological polar surface area (TPSA) is 151 Å². The van der Waals surface area contributed by atoms with Crippen LogP contribution in [0.15, 0.2) is 41.5 Å². The molecular weight excluding hydrogens is 464 g/mol. The monoisotopic (exact) mass is 488 g/mol. The number of ether oxygens (including phenoxy) is 1. The first-order valence-corrected chi connectivity index (χ1v) is 12.4. The molecule has 0 aromatic heterocycles. The molecule has 180 valence electrons. The smallest absolute Gasteiger partial charge is 0.322 e. The Kier molecular flexibility index (Phi) is 5.72. The number of imide groups is 1. The van der Waals surface area contributed by atoms with Crippen LogP contribution in [0.2, 0.25) is 0 Å². The minimum Gasteiger partial charge on any atom is -0.497 e. The first-order valence-electron chi connectivity index (χ1n) is 10.5. The molecule has 5 amide bonds. The molecule has 2 atom stereocenters. The first-order chi connectivity index (χ1) is 15.9. The Balaban J connectivity index is 1.66. The fourth-order valence-electron chi connectivity index (χ4n) is 4.52. The molecule has 0 radical (unpaired) electrons. The van der Waals surface area contributed by atoms with Crippen LogP contribution in [0, 0.1) is 5.92 Å². The number of benzene rings is 1.